The summed E-state index contributed by atoms with van der Waals surface area (Å²) in [6.07, 6.45) is 4.01. The highest BCUT2D eigenvalue weighted by Crippen LogP contribution is 2.57. The predicted octanol–water partition coefficient (Wildman–Crippen LogP) is 4.01. The number of furan rings is 1. The van der Waals surface area contributed by atoms with Crippen molar-refractivity contribution in [2.24, 2.45) is 10.8 Å². The van der Waals surface area contributed by atoms with Gasteiger partial charge in [0.2, 0.25) is 0 Å². The molecule has 4 nitrogen and oxygen atoms in total. The van der Waals surface area contributed by atoms with Crippen LogP contribution in [0.5, 0.6) is 0 Å². The fourth-order valence-corrected chi connectivity index (χ4v) is 6.51. The summed E-state index contributed by atoms with van der Waals surface area (Å²) in [5.41, 5.74) is 2.42. The van der Waals surface area contributed by atoms with Crippen molar-refractivity contribution in [1.29, 1.82) is 0 Å². The Balaban J connectivity index is 1.30. The fraction of sp³-hybridized carbons (Fsp3) is 0.600. The van der Waals surface area contributed by atoms with Crippen LogP contribution >= 0.6 is 0 Å². The Labute approximate surface area is 175 Å². The third-order valence-corrected chi connectivity index (χ3v) is 7.78. The molecule has 1 aromatic heterocycles. The Morgan fingerprint density at radius 3 is 2.34 bits per heavy atom. The van der Waals surface area contributed by atoms with Crippen LogP contribution in [0.3, 0.4) is 0 Å². The molecule has 2 spiro atoms. The van der Waals surface area contributed by atoms with E-state index in [2.05, 4.69) is 64.2 Å². The first kappa shape index (κ1) is 19.3. The second kappa shape index (κ2) is 7.57. The van der Waals surface area contributed by atoms with E-state index >= 15 is 0 Å². The van der Waals surface area contributed by atoms with Crippen molar-refractivity contribution < 1.29 is 4.42 Å². The molecule has 3 aliphatic rings. The molecule has 0 saturated carbocycles. The first-order valence-corrected chi connectivity index (χ1v) is 11.3. The van der Waals surface area contributed by atoms with Crippen molar-refractivity contribution in [3.05, 3.63) is 59.5 Å². The largest absolute Gasteiger partial charge is 0.465 e. The lowest BCUT2D eigenvalue weighted by Crippen LogP contribution is -2.63. The average molecular weight is 394 g/mol. The molecule has 2 aromatic rings. The summed E-state index contributed by atoms with van der Waals surface area (Å²) in [5.74, 6) is 2.14. The van der Waals surface area contributed by atoms with Crippen molar-refractivity contribution in [2.75, 3.05) is 46.3 Å². The van der Waals surface area contributed by atoms with Gasteiger partial charge < -0.3 is 9.32 Å². The molecule has 0 radical (unpaired) electrons. The van der Waals surface area contributed by atoms with Gasteiger partial charge in [-0.05, 0) is 69.4 Å². The summed E-state index contributed by atoms with van der Waals surface area (Å²) in [5, 5.41) is 0. The van der Waals surface area contributed by atoms with Crippen molar-refractivity contribution in [2.45, 2.75) is 39.3 Å². The number of hydrogen-bond donors (Lipinski definition) is 0. The number of aryl methyl sites for hydroxylation is 1. The highest BCUT2D eigenvalue weighted by Gasteiger charge is 2.61. The second-order valence-electron chi connectivity index (χ2n) is 10.0. The Kier molecular flexibility index (Phi) is 5.05. The van der Waals surface area contributed by atoms with E-state index in [0.29, 0.717) is 10.8 Å². The van der Waals surface area contributed by atoms with Crippen LogP contribution in [0.4, 0.5) is 0 Å². The zero-order valence-electron chi connectivity index (χ0n) is 18.1. The standard InChI is InChI=1S/C25H35N3O/c1-21-9-10-23(29-21)16-27-13-6-11-24(12-14-27)19-28(15-22-7-4-3-5-8-22)20-25(24)17-26(2)18-25/h3-5,7-10H,6,11-20H2,1-2H3. The first-order valence-electron chi connectivity index (χ1n) is 11.3. The summed E-state index contributed by atoms with van der Waals surface area (Å²) in [4.78, 5) is 7.92. The maximum Gasteiger partial charge on any atom is 0.118 e. The molecule has 1 unspecified atom stereocenters. The topological polar surface area (TPSA) is 22.9 Å². The van der Waals surface area contributed by atoms with Gasteiger partial charge >= 0.3 is 0 Å². The van der Waals surface area contributed by atoms with Gasteiger partial charge in [0.05, 0.1) is 6.54 Å². The Bertz CT molecular complexity index is 826. The summed E-state index contributed by atoms with van der Waals surface area (Å²) in [7, 11) is 2.29. The van der Waals surface area contributed by atoms with E-state index in [1.165, 1.54) is 64.1 Å². The Morgan fingerprint density at radius 2 is 1.62 bits per heavy atom. The highest BCUT2D eigenvalue weighted by atomic mass is 16.3. The molecule has 3 saturated heterocycles. The van der Waals surface area contributed by atoms with Gasteiger partial charge in [0.1, 0.15) is 11.5 Å². The molecule has 1 atom stereocenters. The molecular weight excluding hydrogens is 358 g/mol. The predicted molar refractivity (Wildman–Crippen MR) is 117 cm³/mol. The van der Waals surface area contributed by atoms with Crippen molar-refractivity contribution in [3.63, 3.8) is 0 Å². The molecule has 0 amide bonds. The normalized spacial score (nSPS) is 28.1. The lowest BCUT2D eigenvalue weighted by molar-refractivity contribution is -0.0637. The number of benzene rings is 1. The first-order chi connectivity index (χ1) is 14.1. The highest BCUT2D eigenvalue weighted by molar-refractivity contribution is 5.18. The number of nitrogens with zero attached hydrogens (tertiary/aromatic N) is 3. The Hall–Kier alpha value is -1.62. The molecule has 3 aliphatic heterocycles. The lowest BCUT2D eigenvalue weighted by atomic mass is 9.58. The molecule has 0 N–H and O–H groups in total. The minimum atomic E-state index is 0.474. The molecule has 29 heavy (non-hydrogen) atoms. The lowest BCUT2D eigenvalue weighted by Gasteiger charge is -2.56. The maximum atomic E-state index is 5.86. The van der Waals surface area contributed by atoms with Gasteiger partial charge in [-0.25, -0.2) is 0 Å². The monoisotopic (exact) mass is 393 g/mol. The van der Waals surface area contributed by atoms with E-state index < -0.39 is 0 Å². The molecule has 3 fully saturated rings. The van der Waals surface area contributed by atoms with Crippen LogP contribution in [0.15, 0.2) is 46.9 Å². The number of likely N-dealkylation sites (tertiary alicyclic amines) is 3. The minimum Gasteiger partial charge on any atom is -0.465 e. The van der Waals surface area contributed by atoms with Gasteiger partial charge in [-0.2, -0.15) is 0 Å². The second-order valence-corrected chi connectivity index (χ2v) is 10.0. The molecule has 1 aromatic carbocycles. The van der Waals surface area contributed by atoms with E-state index in [1.807, 2.05) is 6.92 Å². The van der Waals surface area contributed by atoms with Crippen molar-refractivity contribution >= 4 is 0 Å². The summed E-state index contributed by atoms with van der Waals surface area (Å²) in [6.45, 7) is 11.6. The zero-order valence-corrected chi connectivity index (χ0v) is 18.1. The van der Waals surface area contributed by atoms with Gasteiger partial charge in [-0.3, -0.25) is 9.80 Å². The molecule has 5 rings (SSSR count). The van der Waals surface area contributed by atoms with Crippen LogP contribution in [-0.2, 0) is 13.1 Å². The zero-order chi connectivity index (χ0) is 19.9. The van der Waals surface area contributed by atoms with Gasteiger partial charge in [0.15, 0.2) is 0 Å². The van der Waals surface area contributed by atoms with Crippen molar-refractivity contribution in [1.82, 2.24) is 14.7 Å². The molecule has 0 bridgehead atoms. The van der Waals surface area contributed by atoms with E-state index in [1.54, 1.807) is 0 Å². The smallest absolute Gasteiger partial charge is 0.118 e. The van der Waals surface area contributed by atoms with Crippen LogP contribution in [0.1, 0.15) is 36.3 Å². The summed E-state index contributed by atoms with van der Waals surface area (Å²) < 4.78 is 5.86. The average Bonchev–Trinajstić information content (AvgIpc) is 3.14. The maximum absolute atomic E-state index is 5.86. The van der Waals surface area contributed by atoms with Gasteiger partial charge in [0.25, 0.3) is 0 Å². The summed E-state index contributed by atoms with van der Waals surface area (Å²) >= 11 is 0. The fourth-order valence-electron chi connectivity index (χ4n) is 6.51. The van der Waals surface area contributed by atoms with Crippen LogP contribution in [0, 0.1) is 17.8 Å². The van der Waals surface area contributed by atoms with E-state index in [9.17, 15) is 0 Å². The number of hydrogen-bond acceptors (Lipinski definition) is 4. The molecule has 4 heterocycles. The quantitative estimate of drug-likeness (QED) is 0.783. The van der Waals surface area contributed by atoms with E-state index in [0.717, 1.165) is 24.6 Å². The van der Waals surface area contributed by atoms with Gasteiger partial charge in [-0.15, -0.1) is 0 Å². The van der Waals surface area contributed by atoms with Crippen LogP contribution in [0.25, 0.3) is 0 Å². The van der Waals surface area contributed by atoms with Crippen LogP contribution in [-0.4, -0.2) is 61.0 Å². The van der Waals surface area contributed by atoms with Crippen LogP contribution < -0.4 is 0 Å². The Morgan fingerprint density at radius 1 is 0.828 bits per heavy atom. The summed E-state index contributed by atoms with van der Waals surface area (Å²) in [6, 6.07) is 15.3. The third kappa shape index (κ3) is 3.67. The molecule has 156 valence electrons. The molecule has 0 aliphatic carbocycles. The van der Waals surface area contributed by atoms with E-state index in [4.69, 9.17) is 4.42 Å². The molecular formula is C25H35N3O. The van der Waals surface area contributed by atoms with Crippen LogP contribution in [0.2, 0.25) is 0 Å². The number of fused-ring (bicyclic) bond motifs is 1. The van der Waals surface area contributed by atoms with E-state index in [-0.39, 0.29) is 0 Å². The van der Waals surface area contributed by atoms with Gasteiger partial charge in [0, 0.05) is 38.1 Å². The van der Waals surface area contributed by atoms with Gasteiger partial charge in [-0.1, -0.05) is 30.3 Å². The molecule has 4 heteroatoms. The minimum absolute atomic E-state index is 0.474. The number of rotatable bonds is 4. The third-order valence-electron chi connectivity index (χ3n) is 7.78. The SMILES string of the molecule is Cc1ccc(CN2CCCC3(CC2)CN(Cc2ccccc2)CC32CN(C)C2)o1. The van der Waals surface area contributed by atoms with Crippen molar-refractivity contribution in [3.8, 4) is 0 Å².